The van der Waals surface area contributed by atoms with Gasteiger partial charge in [0.2, 0.25) is 5.95 Å². The van der Waals surface area contributed by atoms with Gasteiger partial charge in [-0.2, -0.15) is 0 Å². The van der Waals surface area contributed by atoms with E-state index in [1.54, 1.807) is 0 Å². The van der Waals surface area contributed by atoms with Crippen molar-refractivity contribution in [2.24, 2.45) is 17.8 Å². The van der Waals surface area contributed by atoms with Crippen LogP contribution in [0.2, 0.25) is 0 Å². The van der Waals surface area contributed by atoms with E-state index in [1.807, 2.05) is 6.20 Å². The summed E-state index contributed by atoms with van der Waals surface area (Å²) in [6, 6.07) is 0.674. The zero-order valence-corrected chi connectivity index (χ0v) is 11.5. The van der Waals surface area contributed by atoms with Gasteiger partial charge in [0, 0.05) is 25.0 Å². The molecule has 17 heavy (non-hydrogen) atoms. The zero-order valence-electron chi connectivity index (χ0n) is 11.5. The van der Waals surface area contributed by atoms with Crippen LogP contribution in [0.15, 0.2) is 12.4 Å². The van der Waals surface area contributed by atoms with Gasteiger partial charge in [0.05, 0.1) is 0 Å². The third-order valence-corrected chi connectivity index (χ3v) is 3.75. The van der Waals surface area contributed by atoms with Gasteiger partial charge in [0.1, 0.15) is 0 Å². The number of anilines is 1. The minimum absolute atomic E-state index is 0.674. The molecule has 0 saturated heterocycles. The van der Waals surface area contributed by atoms with Crippen LogP contribution < -0.4 is 5.32 Å². The first-order chi connectivity index (χ1) is 8.08. The second-order valence-electron chi connectivity index (χ2n) is 5.97. The highest BCUT2D eigenvalue weighted by Crippen LogP contribution is 2.26. The molecule has 1 aliphatic carbocycles. The summed E-state index contributed by atoms with van der Waals surface area (Å²) in [7, 11) is 0. The molecule has 1 saturated carbocycles. The normalized spacial score (nSPS) is 16.2. The van der Waals surface area contributed by atoms with Crippen molar-refractivity contribution < 1.29 is 0 Å². The molecule has 1 heterocycles. The molecule has 0 amide bonds. The Labute approximate surface area is 105 Å². The van der Waals surface area contributed by atoms with Crippen molar-refractivity contribution in [1.29, 1.82) is 0 Å². The molecule has 96 valence electrons. The molecule has 1 aromatic rings. The van der Waals surface area contributed by atoms with E-state index < -0.39 is 0 Å². The standard InChI is InChI=1S/C14H25N3/c1-10(2)13(11(3)4)9-17-8-7-15-14(17)16-12-5-6-12/h7-8,10-13H,5-6,9H2,1-4H3,(H,15,16). The largest absolute Gasteiger partial charge is 0.353 e. The molecule has 0 unspecified atom stereocenters. The lowest BCUT2D eigenvalue weighted by molar-refractivity contribution is 0.253. The molecule has 0 aliphatic heterocycles. The van der Waals surface area contributed by atoms with Gasteiger partial charge in [-0.25, -0.2) is 4.98 Å². The number of nitrogens with zero attached hydrogens (tertiary/aromatic N) is 2. The Morgan fingerprint density at radius 1 is 1.29 bits per heavy atom. The molecule has 1 N–H and O–H groups in total. The third-order valence-electron chi connectivity index (χ3n) is 3.75. The lowest BCUT2D eigenvalue weighted by atomic mass is 9.85. The van der Waals surface area contributed by atoms with Gasteiger partial charge in [0.25, 0.3) is 0 Å². The van der Waals surface area contributed by atoms with Crippen molar-refractivity contribution >= 4 is 5.95 Å². The predicted molar refractivity (Wildman–Crippen MR) is 72.0 cm³/mol. The molecule has 2 rings (SSSR count). The molecule has 3 nitrogen and oxygen atoms in total. The molecule has 0 bridgehead atoms. The molecule has 3 heteroatoms. The summed E-state index contributed by atoms with van der Waals surface area (Å²) >= 11 is 0. The molecule has 1 aromatic heterocycles. The van der Waals surface area contributed by atoms with Gasteiger partial charge in [-0.15, -0.1) is 0 Å². The van der Waals surface area contributed by atoms with Crippen LogP contribution in [0.5, 0.6) is 0 Å². The highest BCUT2D eigenvalue weighted by Gasteiger charge is 2.24. The SMILES string of the molecule is CC(C)C(Cn1ccnc1NC1CC1)C(C)C. The molecular formula is C14H25N3. The van der Waals surface area contributed by atoms with Gasteiger partial charge >= 0.3 is 0 Å². The third kappa shape index (κ3) is 3.24. The van der Waals surface area contributed by atoms with Gasteiger partial charge < -0.3 is 9.88 Å². The zero-order chi connectivity index (χ0) is 12.4. The Hall–Kier alpha value is -0.990. The Morgan fingerprint density at radius 3 is 2.47 bits per heavy atom. The summed E-state index contributed by atoms with van der Waals surface area (Å²) in [6.45, 7) is 10.3. The number of nitrogens with one attached hydrogen (secondary N) is 1. The summed E-state index contributed by atoms with van der Waals surface area (Å²) < 4.78 is 2.28. The smallest absolute Gasteiger partial charge is 0.202 e. The summed E-state index contributed by atoms with van der Waals surface area (Å²) in [5, 5.41) is 3.50. The minimum atomic E-state index is 0.674. The van der Waals surface area contributed by atoms with Crippen molar-refractivity contribution in [2.45, 2.75) is 53.1 Å². The summed E-state index contributed by atoms with van der Waals surface area (Å²) in [5.74, 6) is 3.19. The minimum Gasteiger partial charge on any atom is -0.353 e. The highest BCUT2D eigenvalue weighted by atomic mass is 15.2. The van der Waals surface area contributed by atoms with Crippen molar-refractivity contribution in [2.75, 3.05) is 5.32 Å². The van der Waals surface area contributed by atoms with Gasteiger partial charge in [-0.1, -0.05) is 27.7 Å². The van der Waals surface area contributed by atoms with Crippen LogP contribution in [-0.2, 0) is 6.54 Å². The van der Waals surface area contributed by atoms with Crippen molar-refractivity contribution in [3.8, 4) is 0 Å². The van der Waals surface area contributed by atoms with Gasteiger partial charge in [-0.3, -0.25) is 0 Å². The summed E-state index contributed by atoms with van der Waals surface area (Å²) in [5.41, 5.74) is 0. The Balaban J connectivity index is 2.02. The fourth-order valence-corrected chi connectivity index (χ4v) is 2.43. The second-order valence-corrected chi connectivity index (χ2v) is 5.97. The van der Waals surface area contributed by atoms with Crippen LogP contribution in [-0.4, -0.2) is 15.6 Å². The first kappa shape index (κ1) is 12.5. The Bertz CT molecular complexity index is 342. The number of rotatable bonds is 6. The highest BCUT2D eigenvalue weighted by molar-refractivity contribution is 5.29. The maximum absolute atomic E-state index is 4.42. The summed E-state index contributed by atoms with van der Waals surface area (Å²) in [6.07, 6.45) is 6.60. The molecule has 0 spiro atoms. The van der Waals surface area contributed by atoms with E-state index in [0.717, 1.165) is 12.5 Å². The van der Waals surface area contributed by atoms with E-state index in [-0.39, 0.29) is 0 Å². The fraction of sp³-hybridized carbons (Fsp3) is 0.786. The monoisotopic (exact) mass is 235 g/mol. The lowest BCUT2D eigenvalue weighted by Gasteiger charge is -2.26. The molecule has 0 radical (unpaired) electrons. The number of aromatic nitrogens is 2. The average Bonchev–Trinajstić information content (AvgIpc) is 2.93. The van der Waals surface area contributed by atoms with Crippen molar-refractivity contribution in [3.05, 3.63) is 12.4 Å². The quantitative estimate of drug-likeness (QED) is 0.819. The molecule has 1 aliphatic rings. The topological polar surface area (TPSA) is 29.9 Å². The van der Waals surface area contributed by atoms with E-state index in [9.17, 15) is 0 Å². The summed E-state index contributed by atoms with van der Waals surface area (Å²) in [4.78, 5) is 4.42. The van der Waals surface area contributed by atoms with E-state index >= 15 is 0 Å². The maximum Gasteiger partial charge on any atom is 0.202 e. The molecule has 1 fully saturated rings. The van der Waals surface area contributed by atoms with Crippen LogP contribution in [0.4, 0.5) is 5.95 Å². The van der Waals surface area contributed by atoms with E-state index in [0.29, 0.717) is 23.8 Å². The van der Waals surface area contributed by atoms with E-state index in [1.165, 1.54) is 12.8 Å². The van der Waals surface area contributed by atoms with Crippen molar-refractivity contribution in [1.82, 2.24) is 9.55 Å². The predicted octanol–water partition coefficient (Wildman–Crippen LogP) is 3.39. The number of imidazole rings is 1. The number of hydrogen-bond donors (Lipinski definition) is 1. The van der Waals surface area contributed by atoms with Crippen molar-refractivity contribution in [3.63, 3.8) is 0 Å². The second kappa shape index (κ2) is 5.11. The maximum atomic E-state index is 4.42. The van der Waals surface area contributed by atoms with E-state index in [2.05, 4.69) is 48.8 Å². The fourth-order valence-electron chi connectivity index (χ4n) is 2.43. The molecular weight excluding hydrogens is 210 g/mol. The van der Waals surface area contributed by atoms with Crippen LogP contribution in [0.25, 0.3) is 0 Å². The van der Waals surface area contributed by atoms with Crippen LogP contribution in [0.1, 0.15) is 40.5 Å². The first-order valence-corrected chi connectivity index (χ1v) is 6.85. The lowest BCUT2D eigenvalue weighted by Crippen LogP contribution is -2.22. The Morgan fingerprint density at radius 2 is 1.94 bits per heavy atom. The average molecular weight is 235 g/mol. The van der Waals surface area contributed by atoms with Gasteiger partial charge in [0.15, 0.2) is 0 Å². The van der Waals surface area contributed by atoms with E-state index in [4.69, 9.17) is 0 Å². The molecule has 0 aromatic carbocycles. The number of hydrogen-bond acceptors (Lipinski definition) is 2. The first-order valence-electron chi connectivity index (χ1n) is 6.85. The van der Waals surface area contributed by atoms with Gasteiger partial charge in [-0.05, 0) is 30.6 Å². The van der Waals surface area contributed by atoms with Crippen LogP contribution in [0.3, 0.4) is 0 Å². The Kier molecular flexibility index (Phi) is 3.75. The molecule has 0 atom stereocenters. The van der Waals surface area contributed by atoms with Crippen LogP contribution in [0, 0.1) is 17.8 Å². The van der Waals surface area contributed by atoms with Crippen LogP contribution >= 0.6 is 0 Å².